The smallest absolute Gasteiger partial charge is 0.205 e. The van der Waals surface area contributed by atoms with E-state index in [0.717, 1.165) is 25.0 Å². The predicted molar refractivity (Wildman–Crippen MR) is 149 cm³/mol. The van der Waals surface area contributed by atoms with Crippen LogP contribution in [0.2, 0.25) is 0 Å². The third kappa shape index (κ3) is 7.59. The van der Waals surface area contributed by atoms with Crippen LogP contribution in [0.4, 0.5) is 0 Å². The highest BCUT2D eigenvalue weighted by Crippen LogP contribution is 2.47. The van der Waals surface area contributed by atoms with E-state index in [1.165, 1.54) is 43.2 Å². The topological polar surface area (TPSA) is 18.5 Å². The van der Waals surface area contributed by atoms with Crippen LogP contribution in [0.15, 0.2) is 54.6 Å². The Hall–Kier alpha value is -1.80. The quantitative estimate of drug-likeness (QED) is 0.299. The fraction of sp³-hybridized carbons (Fsp3) is 0.636. The van der Waals surface area contributed by atoms with Crippen LogP contribution in [0.25, 0.3) is 0 Å². The molecule has 0 aromatic heterocycles. The number of hydrogen-bond donors (Lipinski definition) is 0. The van der Waals surface area contributed by atoms with E-state index in [0.29, 0.717) is 12.5 Å². The number of rotatable bonds is 11. The van der Waals surface area contributed by atoms with Gasteiger partial charge in [-0.25, -0.2) is 0 Å². The van der Waals surface area contributed by atoms with E-state index in [-0.39, 0.29) is 22.5 Å². The maximum Gasteiger partial charge on any atom is 0.205 e. The zero-order valence-corrected chi connectivity index (χ0v) is 23.5. The van der Waals surface area contributed by atoms with E-state index < -0.39 is 0 Å². The molecule has 3 rings (SSSR count). The van der Waals surface area contributed by atoms with Crippen molar-refractivity contribution in [3.63, 3.8) is 0 Å². The summed E-state index contributed by atoms with van der Waals surface area (Å²) in [6.07, 6.45) is 9.25. The number of benzene rings is 2. The van der Waals surface area contributed by atoms with E-state index in [1.807, 2.05) is 0 Å². The molecule has 0 N–H and O–H groups in total. The molecule has 2 aromatic rings. The van der Waals surface area contributed by atoms with Crippen molar-refractivity contribution in [3.8, 4) is 5.75 Å². The van der Waals surface area contributed by atoms with Gasteiger partial charge in [0.15, 0.2) is 0 Å². The van der Waals surface area contributed by atoms with Crippen LogP contribution < -0.4 is 4.74 Å². The highest BCUT2D eigenvalue weighted by atomic mass is 16.7. The molecular weight excluding hydrogens is 428 g/mol. The molecule has 0 bridgehead atoms. The van der Waals surface area contributed by atoms with Crippen LogP contribution in [0.5, 0.6) is 5.75 Å². The Bertz CT molecular complexity index is 870. The molecule has 2 atom stereocenters. The van der Waals surface area contributed by atoms with Crippen molar-refractivity contribution in [2.75, 3.05) is 6.61 Å². The minimum atomic E-state index is -0.226. The maximum absolute atomic E-state index is 6.70. The molecule has 2 aromatic carbocycles. The summed E-state index contributed by atoms with van der Waals surface area (Å²) in [7, 11) is 0. The predicted octanol–water partition coefficient (Wildman–Crippen LogP) is 9.58. The lowest BCUT2D eigenvalue weighted by molar-refractivity contribution is -0.166. The summed E-state index contributed by atoms with van der Waals surface area (Å²) in [6.45, 7) is 17.0. The van der Waals surface area contributed by atoms with E-state index in [1.54, 1.807) is 0 Å². The first-order valence-corrected chi connectivity index (χ1v) is 14.0. The number of hydrogen-bond acceptors (Lipinski definition) is 2. The van der Waals surface area contributed by atoms with Crippen LogP contribution in [-0.2, 0) is 11.2 Å². The Labute approximate surface area is 215 Å². The van der Waals surface area contributed by atoms with Crippen LogP contribution in [0, 0.1) is 16.2 Å². The second kappa shape index (κ2) is 12.0. The molecule has 0 aliphatic heterocycles. The summed E-state index contributed by atoms with van der Waals surface area (Å²) >= 11 is 0. The normalized spacial score (nSPS) is 18.1. The van der Waals surface area contributed by atoms with Crippen molar-refractivity contribution in [1.82, 2.24) is 0 Å². The Morgan fingerprint density at radius 2 is 1.46 bits per heavy atom. The minimum Gasteiger partial charge on any atom is -0.464 e. The molecule has 0 heterocycles. The second-order valence-electron chi connectivity index (χ2n) is 12.7. The van der Waals surface area contributed by atoms with Gasteiger partial charge in [-0.05, 0) is 72.6 Å². The molecule has 1 aliphatic carbocycles. The van der Waals surface area contributed by atoms with Gasteiger partial charge in [0.25, 0.3) is 0 Å². The molecule has 2 heteroatoms. The molecular formula is C33H50O2. The molecule has 0 amide bonds. The zero-order valence-electron chi connectivity index (χ0n) is 23.5. The summed E-state index contributed by atoms with van der Waals surface area (Å²) in [5.74, 6) is 1.45. The van der Waals surface area contributed by atoms with Gasteiger partial charge < -0.3 is 9.47 Å². The van der Waals surface area contributed by atoms with Gasteiger partial charge in [0.05, 0.1) is 0 Å². The molecule has 0 radical (unpaired) electrons. The standard InChI is InChI=1S/C33H50O2/c1-8-32(6,7)29(25-31(3,4)5)27-18-20-28(21-19-27)35-30(34-9-2)33(22-14-11-15-23-33)24-26-16-12-10-13-17-26/h10,12-13,16-21,29-30H,8-9,11,14-15,22-25H2,1-7H3. The van der Waals surface area contributed by atoms with Crippen molar-refractivity contribution < 1.29 is 9.47 Å². The van der Waals surface area contributed by atoms with Crippen LogP contribution in [0.3, 0.4) is 0 Å². The number of ether oxygens (including phenoxy) is 2. The van der Waals surface area contributed by atoms with Crippen LogP contribution in [0.1, 0.15) is 110 Å². The van der Waals surface area contributed by atoms with E-state index in [4.69, 9.17) is 9.47 Å². The minimum absolute atomic E-state index is 0.0211. The molecule has 0 spiro atoms. The zero-order chi connectivity index (χ0) is 25.5. The van der Waals surface area contributed by atoms with Crippen LogP contribution >= 0.6 is 0 Å². The summed E-state index contributed by atoms with van der Waals surface area (Å²) < 4.78 is 13.0. The van der Waals surface area contributed by atoms with Gasteiger partial charge in [-0.3, -0.25) is 0 Å². The molecule has 1 saturated carbocycles. The van der Waals surface area contributed by atoms with E-state index in [9.17, 15) is 0 Å². The second-order valence-corrected chi connectivity index (χ2v) is 12.7. The molecule has 1 fully saturated rings. The SMILES string of the molecule is CCOC(Oc1ccc(C(CC(C)(C)C)C(C)(C)CC)cc1)C1(Cc2ccccc2)CCCCC1. The monoisotopic (exact) mass is 478 g/mol. The van der Waals surface area contributed by atoms with Gasteiger partial charge >= 0.3 is 0 Å². The first-order chi connectivity index (χ1) is 16.6. The fourth-order valence-corrected chi connectivity index (χ4v) is 5.85. The molecule has 2 nitrogen and oxygen atoms in total. The van der Waals surface area contributed by atoms with Crippen molar-refractivity contribution in [2.24, 2.45) is 16.2 Å². The lowest BCUT2D eigenvalue weighted by Crippen LogP contribution is -2.44. The van der Waals surface area contributed by atoms with Crippen molar-refractivity contribution >= 4 is 0 Å². The van der Waals surface area contributed by atoms with E-state index in [2.05, 4.69) is 103 Å². The lowest BCUT2D eigenvalue weighted by Gasteiger charge is -2.43. The third-order valence-corrected chi connectivity index (χ3v) is 8.26. The van der Waals surface area contributed by atoms with Crippen LogP contribution in [-0.4, -0.2) is 12.9 Å². The van der Waals surface area contributed by atoms with E-state index >= 15 is 0 Å². The van der Waals surface area contributed by atoms with Crippen molar-refractivity contribution in [3.05, 3.63) is 65.7 Å². The Kier molecular flexibility index (Phi) is 9.49. The summed E-state index contributed by atoms with van der Waals surface area (Å²) in [4.78, 5) is 0. The summed E-state index contributed by atoms with van der Waals surface area (Å²) in [6, 6.07) is 19.9. The first-order valence-electron chi connectivity index (χ1n) is 14.0. The maximum atomic E-state index is 6.70. The highest BCUT2D eigenvalue weighted by Gasteiger charge is 2.42. The van der Waals surface area contributed by atoms with Gasteiger partial charge in [0, 0.05) is 12.0 Å². The van der Waals surface area contributed by atoms with Gasteiger partial charge in [-0.15, -0.1) is 0 Å². The Morgan fingerprint density at radius 1 is 0.829 bits per heavy atom. The van der Waals surface area contributed by atoms with Crippen molar-refractivity contribution in [2.45, 2.75) is 112 Å². The third-order valence-electron chi connectivity index (χ3n) is 8.26. The largest absolute Gasteiger partial charge is 0.464 e. The van der Waals surface area contributed by atoms with Gasteiger partial charge in [-0.2, -0.15) is 0 Å². The molecule has 2 unspecified atom stereocenters. The van der Waals surface area contributed by atoms with Crippen molar-refractivity contribution in [1.29, 1.82) is 0 Å². The molecule has 0 saturated heterocycles. The highest BCUT2D eigenvalue weighted by molar-refractivity contribution is 5.31. The van der Waals surface area contributed by atoms with Gasteiger partial charge in [-0.1, -0.05) is 110 Å². The summed E-state index contributed by atoms with van der Waals surface area (Å²) in [5, 5.41) is 0. The van der Waals surface area contributed by atoms with Gasteiger partial charge in [0.1, 0.15) is 5.75 Å². The lowest BCUT2D eigenvalue weighted by atomic mass is 9.67. The van der Waals surface area contributed by atoms with Gasteiger partial charge in [0.2, 0.25) is 6.29 Å². The first kappa shape index (κ1) is 27.8. The molecule has 35 heavy (non-hydrogen) atoms. The fourth-order valence-electron chi connectivity index (χ4n) is 5.85. The molecule has 1 aliphatic rings. The average molecular weight is 479 g/mol. The Balaban J connectivity index is 1.85. The molecule has 194 valence electrons. The average Bonchev–Trinajstić information content (AvgIpc) is 2.83. The summed E-state index contributed by atoms with van der Waals surface area (Å²) in [5.41, 5.74) is 3.36. The Morgan fingerprint density at radius 3 is 2.00 bits per heavy atom.